The quantitative estimate of drug-likeness (QED) is 0.553. The Morgan fingerprint density at radius 3 is 2.63 bits per heavy atom. The van der Waals surface area contributed by atoms with Crippen molar-refractivity contribution < 1.29 is 19.0 Å². The van der Waals surface area contributed by atoms with E-state index < -0.39 is 0 Å². The third-order valence-electron chi connectivity index (χ3n) is 3.96. The zero-order valence-electron chi connectivity index (χ0n) is 14.8. The Balaban J connectivity index is 1.56. The second kappa shape index (κ2) is 7.25. The van der Waals surface area contributed by atoms with E-state index in [1.54, 1.807) is 18.2 Å². The highest BCUT2D eigenvalue weighted by Crippen LogP contribution is 2.40. The van der Waals surface area contributed by atoms with E-state index in [-0.39, 0.29) is 18.8 Å². The van der Waals surface area contributed by atoms with Crippen LogP contribution in [0.3, 0.4) is 0 Å². The molecule has 0 aliphatic carbocycles. The van der Waals surface area contributed by atoms with E-state index in [9.17, 15) is 4.79 Å². The van der Waals surface area contributed by atoms with Crippen molar-refractivity contribution in [3.63, 3.8) is 0 Å². The van der Waals surface area contributed by atoms with Gasteiger partial charge >= 0.3 is 0 Å². The minimum atomic E-state index is -0.147. The summed E-state index contributed by atoms with van der Waals surface area (Å²) in [6.45, 7) is 4.15. The SMILES string of the molecule is CC(C)Oc1ccc(/C=C2\SC(=S)N(c3ccc4c(c3)OCO4)C2=O)cc1. The Bertz CT molecular complexity index is 937. The Hall–Kier alpha value is -2.51. The minimum absolute atomic E-state index is 0.119. The topological polar surface area (TPSA) is 48.0 Å². The van der Waals surface area contributed by atoms with Crippen LogP contribution >= 0.6 is 24.0 Å². The lowest BCUT2D eigenvalue weighted by atomic mass is 10.2. The number of ether oxygens (including phenoxy) is 3. The largest absolute Gasteiger partial charge is 0.491 e. The van der Waals surface area contributed by atoms with E-state index in [0.29, 0.717) is 26.4 Å². The number of amides is 1. The van der Waals surface area contributed by atoms with Crippen LogP contribution in [-0.4, -0.2) is 23.1 Å². The molecule has 1 amide bonds. The number of benzene rings is 2. The van der Waals surface area contributed by atoms with E-state index in [0.717, 1.165) is 11.3 Å². The highest BCUT2D eigenvalue weighted by Gasteiger charge is 2.34. The van der Waals surface area contributed by atoms with Gasteiger partial charge in [0, 0.05) is 6.07 Å². The van der Waals surface area contributed by atoms with Crippen LogP contribution in [0.1, 0.15) is 19.4 Å². The molecule has 0 spiro atoms. The predicted octanol–water partition coefficient (Wildman–Crippen LogP) is 4.61. The Labute approximate surface area is 166 Å². The van der Waals surface area contributed by atoms with Crippen molar-refractivity contribution in [2.75, 3.05) is 11.7 Å². The first kappa shape index (κ1) is 17.9. The molecule has 0 radical (unpaired) electrons. The maximum absolute atomic E-state index is 12.9. The van der Waals surface area contributed by atoms with Crippen molar-refractivity contribution in [2.24, 2.45) is 0 Å². The van der Waals surface area contributed by atoms with Gasteiger partial charge in [-0.25, -0.2) is 0 Å². The summed E-state index contributed by atoms with van der Waals surface area (Å²) in [6.07, 6.45) is 1.96. The van der Waals surface area contributed by atoms with Crippen molar-refractivity contribution in [1.29, 1.82) is 0 Å². The molecule has 7 heteroatoms. The molecule has 4 rings (SSSR count). The molecular formula is C20H17NO4S2. The molecule has 0 bridgehead atoms. The molecule has 0 unspecified atom stereocenters. The molecule has 1 saturated heterocycles. The van der Waals surface area contributed by atoms with Crippen LogP contribution in [0, 0.1) is 0 Å². The standard InChI is InChI=1S/C20H17NO4S2/c1-12(2)25-15-6-3-13(4-7-15)9-18-19(22)21(20(26)27-18)14-5-8-16-17(10-14)24-11-23-16/h3-10,12H,11H2,1-2H3/b18-9-. The van der Waals surface area contributed by atoms with E-state index in [4.69, 9.17) is 26.4 Å². The summed E-state index contributed by atoms with van der Waals surface area (Å²) in [7, 11) is 0. The number of thioether (sulfide) groups is 1. The van der Waals surface area contributed by atoms with E-state index in [1.807, 2.05) is 44.2 Å². The number of rotatable bonds is 4. The van der Waals surface area contributed by atoms with Crippen LogP contribution < -0.4 is 19.1 Å². The van der Waals surface area contributed by atoms with Crippen LogP contribution in [0.4, 0.5) is 5.69 Å². The molecule has 0 N–H and O–H groups in total. The van der Waals surface area contributed by atoms with E-state index in [2.05, 4.69) is 0 Å². The Kier molecular flexibility index (Phi) is 4.80. The number of carbonyl (C=O) groups excluding carboxylic acids is 1. The van der Waals surface area contributed by atoms with Crippen LogP contribution in [0.15, 0.2) is 47.4 Å². The first-order chi connectivity index (χ1) is 13.0. The average Bonchev–Trinajstić information content (AvgIpc) is 3.20. The lowest BCUT2D eigenvalue weighted by Gasteiger charge is -2.14. The summed E-state index contributed by atoms with van der Waals surface area (Å²) in [5.41, 5.74) is 1.59. The van der Waals surface area contributed by atoms with Crippen molar-refractivity contribution in [3.8, 4) is 17.2 Å². The Morgan fingerprint density at radius 1 is 1.15 bits per heavy atom. The lowest BCUT2D eigenvalue weighted by Crippen LogP contribution is -2.27. The van der Waals surface area contributed by atoms with Gasteiger partial charge < -0.3 is 14.2 Å². The highest BCUT2D eigenvalue weighted by molar-refractivity contribution is 8.27. The van der Waals surface area contributed by atoms with Gasteiger partial charge in [0.1, 0.15) is 5.75 Å². The molecule has 1 fully saturated rings. The fourth-order valence-corrected chi connectivity index (χ4v) is 4.08. The number of fused-ring (bicyclic) bond motifs is 1. The predicted molar refractivity (Wildman–Crippen MR) is 110 cm³/mol. The summed E-state index contributed by atoms with van der Waals surface area (Å²) in [4.78, 5) is 15.0. The second-order valence-corrected chi connectivity index (χ2v) is 7.97. The molecule has 2 heterocycles. The molecule has 0 atom stereocenters. The molecule has 2 aromatic carbocycles. The number of hydrogen-bond donors (Lipinski definition) is 0. The van der Waals surface area contributed by atoms with E-state index in [1.165, 1.54) is 16.7 Å². The third-order valence-corrected chi connectivity index (χ3v) is 5.26. The molecule has 2 aliphatic rings. The smallest absolute Gasteiger partial charge is 0.270 e. The first-order valence-corrected chi connectivity index (χ1v) is 9.68. The van der Waals surface area contributed by atoms with Crippen molar-refractivity contribution in [3.05, 3.63) is 52.9 Å². The molecule has 0 saturated carbocycles. The highest BCUT2D eigenvalue weighted by atomic mass is 32.2. The molecule has 27 heavy (non-hydrogen) atoms. The van der Waals surface area contributed by atoms with Crippen LogP contribution in [0.2, 0.25) is 0 Å². The fourth-order valence-electron chi connectivity index (χ4n) is 2.78. The summed E-state index contributed by atoms with van der Waals surface area (Å²) in [6, 6.07) is 13.0. The zero-order valence-corrected chi connectivity index (χ0v) is 16.4. The summed E-state index contributed by atoms with van der Waals surface area (Å²) >= 11 is 6.71. The van der Waals surface area contributed by atoms with Crippen LogP contribution in [-0.2, 0) is 4.79 Å². The number of nitrogens with zero attached hydrogens (tertiary/aromatic N) is 1. The monoisotopic (exact) mass is 399 g/mol. The fraction of sp³-hybridized carbons (Fsp3) is 0.200. The van der Waals surface area contributed by atoms with Crippen LogP contribution in [0.5, 0.6) is 17.2 Å². The van der Waals surface area contributed by atoms with Gasteiger partial charge in [0.25, 0.3) is 5.91 Å². The zero-order chi connectivity index (χ0) is 19.0. The van der Waals surface area contributed by atoms with Crippen molar-refractivity contribution in [2.45, 2.75) is 20.0 Å². The van der Waals surface area contributed by atoms with Gasteiger partial charge in [-0.15, -0.1) is 0 Å². The maximum atomic E-state index is 12.9. The normalized spacial score (nSPS) is 17.3. The van der Waals surface area contributed by atoms with Crippen molar-refractivity contribution >= 4 is 46.0 Å². The number of hydrogen-bond acceptors (Lipinski definition) is 6. The molecule has 2 aromatic rings. The average molecular weight is 399 g/mol. The summed E-state index contributed by atoms with van der Waals surface area (Å²) < 4.78 is 16.8. The Morgan fingerprint density at radius 2 is 1.89 bits per heavy atom. The van der Waals surface area contributed by atoms with Gasteiger partial charge in [-0.1, -0.05) is 36.1 Å². The molecule has 5 nitrogen and oxygen atoms in total. The number of anilines is 1. The summed E-state index contributed by atoms with van der Waals surface area (Å²) in [5.74, 6) is 1.94. The van der Waals surface area contributed by atoms with Crippen LogP contribution in [0.25, 0.3) is 6.08 Å². The minimum Gasteiger partial charge on any atom is -0.491 e. The van der Waals surface area contributed by atoms with E-state index >= 15 is 0 Å². The van der Waals surface area contributed by atoms with Gasteiger partial charge in [0.2, 0.25) is 6.79 Å². The number of carbonyl (C=O) groups is 1. The van der Waals surface area contributed by atoms with Gasteiger partial charge in [0.15, 0.2) is 15.8 Å². The number of thiocarbonyl (C=S) groups is 1. The molecule has 0 aromatic heterocycles. The lowest BCUT2D eigenvalue weighted by molar-refractivity contribution is -0.113. The molecular weight excluding hydrogens is 382 g/mol. The molecule has 138 valence electrons. The van der Waals surface area contributed by atoms with Gasteiger partial charge in [-0.2, -0.15) is 0 Å². The second-order valence-electron chi connectivity index (χ2n) is 6.29. The van der Waals surface area contributed by atoms with Crippen molar-refractivity contribution in [1.82, 2.24) is 0 Å². The van der Waals surface area contributed by atoms with Gasteiger partial charge in [-0.3, -0.25) is 9.69 Å². The summed E-state index contributed by atoms with van der Waals surface area (Å²) in [5, 5.41) is 0. The third kappa shape index (κ3) is 3.65. The first-order valence-electron chi connectivity index (χ1n) is 8.45. The van der Waals surface area contributed by atoms with Gasteiger partial charge in [0.05, 0.1) is 16.7 Å². The van der Waals surface area contributed by atoms with Gasteiger partial charge in [-0.05, 0) is 49.8 Å². The maximum Gasteiger partial charge on any atom is 0.270 e. The molecule has 2 aliphatic heterocycles.